The molecular weight excluding hydrogens is 372 g/mol. The molecule has 2 heterocycles. The zero-order valence-corrected chi connectivity index (χ0v) is 16.6. The van der Waals surface area contributed by atoms with Gasteiger partial charge in [0.1, 0.15) is 0 Å². The van der Waals surface area contributed by atoms with Crippen molar-refractivity contribution in [3.63, 3.8) is 0 Å². The molecule has 0 bridgehead atoms. The van der Waals surface area contributed by atoms with Crippen LogP contribution in [0.2, 0.25) is 0 Å². The summed E-state index contributed by atoms with van der Waals surface area (Å²) in [5.74, 6) is -0.664. The fourth-order valence-corrected chi connectivity index (χ4v) is 3.86. The van der Waals surface area contributed by atoms with Crippen LogP contribution in [0.5, 0.6) is 0 Å². The Balaban J connectivity index is 1.81. The Labute approximate surface area is 169 Å². The first-order chi connectivity index (χ1) is 14.0. The van der Waals surface area contributed by atoms with Crippen LogP contribution in [0.4, 0.5) is 5.95 Å². The largest absolute Gasteiger partial charge is 0.285 e. The molecule has 154 valence electrons. The number of hydrogen-bond donors (Lipinski definition) is 3. The molecule has 3 rings (SSSR count). The number of amides is 2. The van der Waals surface area contributed by atoms with E-state index in [-0.39, 0.29) is 17.8 Å². The van der Waals surface area contributed by atoms with Crippen LogP contribution in [-0.2, 0) is 9.59 Å². The van der Waals surface area contributed by atoms with Gasteiger partial charge in [0.15, 0.2) is 5.54 Å². The summed E-state index contributed by atoms with van der Waals surface area (Å²) in [6, 6.07) is 7.21. The molecule has 2 aromatic heterocycles. The van der Waals surface area contributed by atoms with E-state index in [1.165, 1.54) is 0 Å². The van der Waals surface area contributed by atoms with E-state index >= 15 is 0 Å². The van der Waals surface area contributed by atoms with Gasteiger partial charge < -0.3 is 0 Å². The van der Waals surface area contributed by atoms with E-state index in [1.54, 1.807) is 18.5 Å². The average Bonchev–Trinajstić information content (AvgIpc) is 2.74. The van der Waals surface area contributed by atoms with E-state index in [4.69, 9.17) is 0 Å². The van der Waals surface area contributed by atoms with Gasteiger partial charge in [0.05, 0.1) is 11.4 Å². The number of nitrogens with zero attached hydrogens (tertiary/aromatic N) is 4. The maximum Gasteiger partial charge on any atom is 0.267 e. The third-order valence-electron chi connectivity index (χ3n) is 5.80. The van der Waals surface area contributed by atoms with Gasteiger partial charge in [-0.05, 0) is 42.9 Å². The van der Waals surface area contributed by atoms with Crippen molar-refractivity contribution in [1.82, 2.24) is 25.4 Å². The van der Waals surface area contributed by atoms with Gasteiger partial charge in [0.25, 0.3) is 5.91 Å². The van der Waals surface area contributed by atoms with Crippen molar-refractivity contribution in [2.24, 2.45) is 11.8 Å². The molecule has 1 saturated carbocycles. The van der Waals surface area contributed by atoms with E-state index in [1.807, 2.05) is 32.0 Å². The predicted octanol–water partition coefficient (Wildman–Crippen LogP) is 2.41. The van der Waals surface area contributed by atoms with Crippen LogP contribution in [0.15, 0.2) is 36.7 Å². The molecule has 1 fully saturated rings. The minimum Gasteiger partial charge on any atom is -0.285 e. The Kier molecular flexibility index (Phi) is 6.38. The van der Waals surface area contributed by atoms with Gasteiger partial charge in [-0.3, -0.25) is 30.6 Å². The first-order valence-corrected chi connectivity index (χ1v) is 9.78. The van der Waals surface area contributed by atoms with Gasteiger partial charge in [-0.25, -0.2) is 15.0 Å². The molecule has 0 aromatic carbocycles. The molecule has 2 atom stereocenters. The third kappa shape index (κ3) is 3.91. The monoisotopic (exact) mass is 398 g/mol. The molecule has 2 aromatic rings. The molecule has 3 N–H and O–H groups in total. The topological polar surface area (TPSA) is 120 Å². The number of hydrogen-bond acceptors (Lipinski definition) is 7. The second kappa shape index (κ2) is 8.95. The van der Waals surface area contributed by atoms with Gasteiger partial charge in [-0.2, -0.15) is 0 Å². The lowest BCUT2D eigenvalue weighted by Crippen LogP contribution is -2.67. The summed E-state index contributed by atoms with van der Waals surface area (Å²) < 4.78 is 0. The number of rotatable bonds is 9. The van der Waals surface area contributed by atoms with Gasteiger partial charge >= 0.3 is 0 Å². The van der Waals surface area contributed by atoms with Gasteiger partial charge in [0.2, 0.25) is 12.4 Å². The SMILES string of the molecule is CCC(C)C(C(=O)NNc1nccc(-c2ccccn2)n1)(C1CCC1)N(O)C=O. The van der Waals surface area contributed by atoms with Crippen molar-refractivity contribution in [2.75, 3.05) is 5.43 Å². The lowest BCUT2D eigenvalue weighted by atomic mass is 9.64. The van der Waals surface area contributed by atoms with Crippen LogP contribution in [-0.4, -0.2) is 43.1 Å². The van der Waals surface area contributed by atoms with E-state index in [0.29, 0.717) is 29.3 Å². The van der Waals surface area contributed by atoms with E-state index < -0.39 is 11.4 Å². The Morgan fingerprint density at radius 2 is 2.10 bits per heavy atom. The third-order valence-corrected chi connectivity index (χ3v) is 5.80. The summed E-state index contributed by atoms with van der Waals surface area (Å²) in [5.41, 5.74) is 5.25. The molecule has 2 unspecified atom stereocenters. The van der Waals surface area contributed by atoms with Crippen molar-refractivity contribution in [3.8, 4) is 11.4 Å². The molecule has 0 radical (unpaired) electrons. The van der Waals surface area contributed by atoms with Crippen LogP contribution in [0.3, 0.4) is 0 Å². The lowest BCUT2D eigenvalue weighted by Gasteiger charge is -2.49. The average molecular weight is 398 g/mol. The summed E-state index contributed by atoms with van der Waals surface area (Å²) >= 11 is 0. The molecule has 2 amide bonds. The standard InChI is InChI=1S/C20H26N6O3/c1-3-14(2)20(26(29)13-27,15-7-6-8-15)18(28)24-25-19-22-12-10-17(23-19)16-9-4-5-11-21-16/h4-5,9-15,29H,3,6-8H2,1-2H3,(H,24,28)(H,22,23,25). The molecule has 1 aliphatic carbocycles. The lowest BCUT2D eigenvalue weighted by molar-refractivity contribution is -0.211. The quantitative estimate of drug-likeness (QED) is 0.337. The smallest absolute Gasteiger partial charge is 0.267 e. The van der Waals surface area contributed by atoms with Crippen molar-refractivity contribution in [1.29, 1.82) is 0 Å². The van der Waals surface area contributed by atoms with Crippen LogP contribution in [0, 0.1) is 11.8 Å². The van der Waals surface area contributed by atoms with Crippen LogP contribution >= 0.6 is 0 Å². The summed E-state index contributed by atoms with van der Waals surface area (Å²) in [6.45, 7) is 3.79. The number of hydrazine groups is 1. The normalized spacial score (nSPS) is 16.8. The molecule has 0 spiro atoms. The van der Waals surface area contributed by atoms with Gasteiger partial charge in [-0.15, -0.1) is 0 Å². The molecule has 0 aliphatic heterocycles. The number of nitrogens with one attached hydrogen (secondary N) is 2. The zero-order chi connectivity index (χ0) is 20.9. The number of carbonyl (C=O) groups excluding carboxylic acids is 2. The Morgan fingerprint density at radius 1 is 1.31 bits per heavy atom. The highest BCUT2D eigenvalue weighted by Gasteiger charge is 2.55. The highest BCUT2D eigenvalue weighted by molar-refractivity contribution is 5.89. The minimum absolute atomic E-state index is 0.116. The molecule has 1 aliphatic rings. The number of anilines is 1. The fourth-order valence-electron chi connectivity index (χ4n) is 3.86. The minimum atomic E-state index is -1.35. The maximum absolute atomic E-state index is 13.2. The summed E-state index contributed by atoms with van der Waals surface area (Å²) in [4.78, 5) is 37.4. The van der Waals surface area contributed by atoms with Crippen LogP contribution < -0.4 is 10.9 Å². The van der Waals surface area contributed by atoms with Gasteiger partial charge in [0, 0.05) is 12.4 Å². The Bertz CT molecular complexity index is 838. The van der Waals surface area contributed by atoms with Gasteiger partial charge in [-0.1, -0.05) is 32.8 Å². The zero-order valence-electron chi connectivity index (χ0n) is 16.6. The first-order valence-electron chi connectivity index (χ1n) is 9.78. The fraction of sp³-hybridized carbons (Fsp3) is 0.450. The van der Waals surface area contributed by atoms with Crippen molar-refractivity contribution < 1.29 is 14.8 Å². The molecule has 9 heteroatoms. The Morgan fingerprint density at radius 3 is 2.69 bits per heavy atom. The van der Waals surface area contributed by atoms with Crippen molar-refractivity contribution in [3.05, 3.63) is 36.7 Å². The van der Waals surface area contributed by atoms with Crippen molar-refractivity contribution >= 4 is 18.3 Å². The van der Waals surface area contributed by atoms with Crippen LogP contribution in [0.25, 0.3) is 11.4 Å². The van der Waals surface area contributed by atoms with Crippen LogP contribution in [0.1, 0.15) is 39.5 Å². The van der Waals surface area contributed by atoms with E-state index in [9.17, 15) is 14.8 Å². The first kappa shape index (κ1) is 20.7. The second-order valence-electron chi connectivity index (χ2n) is 7.27. The predicted molar refractivity (Wildman–Crippen MR) is 106 cm³/mol. The number of pyridine rings is 1. The summed E-state index contributed by atoms with van der Waals surface area (Å²) in [6.07, 6.45) is 6.67. The van der Waals surface area contributed by atoms with E-state index in [2.05, 4.69) is 25.8 Å². The van der Waals surface area contributed by atoms with Crippen molar-refractivity contribution in [2.45, 2.75) is 45.1 Å². The number of carbonyl (C=O) groups is 2. The summed E-state index contributed by atoms with van der Waals surface area (Å²) in [5, 5.41) is 10.9. The highest BCUT2D eigenvalue weighted by Crippen LogP contribution is 2.44. The maximum atomic E-state index is 13.2. The molecule has 9 nitrogen and oxygen atoms in total. The second-order valence-corrected chi connectivity index (χ2v) is 7.27. The molecule has 29 heavy (non-hydrogen) atoms. The number of hydroxylamine groups is 2. The Hall–Kier alpha value is -3.07. The summed E-state index contributed by atoms with van der Waals surface area (Å²) in [7, 11) is 0. The van der Waals surface area contributed by atoms with E-state index in [0.717, 1.165) is 19.3 Å². The number of aromatic nitrogens is 3. The highest BCUT2D eigenvalue weighted by atomic mass is 16.5. The molecular formula is C20H26N6O3. The molecule has 0 saturated heterocycles.